The van der Waals surface area contributed by atoms with Crippen molar-refractivity contribution in [2.75, 3.05) is 17.2 Å². The van der Waals surface area contributed by atoms with Crippen LogP contribution in [0.5, 0.6) is 0 Å². The van der Waals surface area contributed by atoms with Gasteiger partial charge in [-0.25, -0.2) is 0 Å². The molecule has 0 bridgehead atoms. The Morgan fingerprint density at radius 3 is 3.00 bits per heavy atom. The number of pyridine rings is 1. The van der Waals surface area contributed by atoms with E-state index in [1.54, 1.807) is 0 Å². The quantitative estimate of drug-likeness (QED) is 0.780. The lowest BCUT2D eigenvalue weighted by molar-refractivity contribution is 0.102. The van der Waals surface area contributed by atoms with Crippen LogP contribution in [0.2, 0.25) is 0 Å². The first-order chi connectivity index (χ1) is 9.74. The first-order valence-corrected chi connectivity index (χ1v) is 6.59. The Morgan fingerprint density at radius 2 is 2.15 bits per heavy atom. The van der Waals surface area contributed by atoms with Crippen molar-refractivity contribution in [2.45, 2.75) is 12.8 Å². The number of aryl methyl sites for hydroxylation is 1. The van der Waals surface area contributed by atoms with Crippen LogP contribution in [0, 0.1) is 0 Å². The number of carbonyl (C=O) groups excluding carboxylic acids is 1. The highest BCUT2D eigenvalue weighted by Crippen LogP contribution is 2.25. The zero-order valence-corrected chi connectivity index (χ0v) is 10.9. The molecule has 0 spiro atoms. The van der Waals surface area contributed by atoms with Crippen molar-refractivity contribution < 1.29 is 4.79 Å². The fourth-order valence-corrected chi connectivity index (χ4v) is 2.34. The number of aromatic nitrogens is 1. The Labute approximate surface area is 116 Å². The topological polar surface area (TPSA) is 74.0 Å². The fourth-order valence-electron chi connectivity index (χ4n) is 2.34. The van der Waals surface area contributed by atoms with E-state index in [0.29, 0.717) is 5.69 Å². The maximum absolute atomic E-state index is 12.1. The van der Waals surface area contributed by atoms with Crippen molar-refractivity contribution in [3.63, 3.8) is 0 Å². The van der Waals surface area contributed by atoms with E-state index in [1.165, 1.54) is 24.0 Å². The first-order valence-electron chi connectivity index (χ1n) is 6.59. The van der Waals surface area contributed by atoms with Gasteiger partial charge in [0.15, 0.2) is 5.43 Å². The van der Waals surface area contributed by atoms with Crippen LogP contribution in [0.1, 0.15) is 22.3 Å². The molecule has 1 aliphatic rings. The Bertz CT molecular complexity index is 706. The van der Waals surface area contributed by atoms with Gasteiger partial charge in [0.25, 0.3) is 5.91 Å². The summed E-state index contributed by atoms with van der Waals surface area (Å²) in [6.07, 6.45) is 5.00. The highest BCUT2D eigenvalue weighted by molar-refractivity contribution is 6.04. The molecule has 0 saturated carbocycles. The van der Waals surface area contributed by atoms with Gasteiger partial charge in [0, 0.05) is 36.4 Å². The lowest BCUT2D eigenvalue weighted by atomic mass is 10.0. The number of amides is 1. The van der Waals surface area contributed by atoms with E-state index in [2.05, 4.69) is 15.6 Å². The average molecular weight is 269 g/mol. The normalized spacial score (nSPS) is 13.2. The molecular weight excluding hydrogens is 254 g/mol. The minimum Gasteiger partial charge on any atom is -0.385 e. The molecule has 20 heavy (non-hydrogen) atoms. The van der Waals surface area contributed by atoms with Crippen molar-refractivity contribution in [3.05, 3.63) is 58.0 Å². The van der Waals surface area contributed by atoms with Crippen molar-refractivity contribution in [3.8, 4) is 0 Å². The molecule has 2 aromatic rings. The predicted molar refractivity (Wildman–Crippen MR) is 78.3 cm³/mol. The monoisotopic (exact) mass is 269 g/mol. The highest BCUT2D eigenvalue weighted by Gasteiger charge is 2.12. The molecule has 0 atom stereocenters. The lowest BCUT2D eigenvalue weighted by Crippen LogP contribution is -2.21. The molecule has 1 aliphatic heterocycles. The molecule has 1 aromatic carbocycles. The van der Waals surface area contributed by atoms with E-state index in [-0.39, 0.29) is 11.0 Å². The van der Waals surface area contributed by atoms with Gasteiger partial charge in [-0.2, -0.15) is 0 Å². The smallest absolute Gasteiger partial charge is 0.261 e. The van der Waals surface area contributed by atoms with E-state index < -0.39 is 5.91 Å². The molecule has 3 rings (SSSR count). The average Bonchev–Trinajstić information content (AvgIpc) is 2.47. The molecule has 102 valence electrons. The van der Waals surface area contributed by atoms with Crippen molar-refractivity contribution >= 4 is 17.3 Å². The van der Waals surface area contributed by atoms with Crippen LogP contribution in [-0.2, 0) is 6.42 Å². The van der Waals surface area contributed by atoms with Crippen LogP contribution < -0.4 is 16.1 Å². The maximum atomic E-state index is 12.1. The summed E-state index contributed by atoms with van der Waals surface area (Å²) in [6.45, 7) is 0.984. The van der Waals surface area contributed by atoms with E-state index in [0.717, 1.165) is 25.1 Å². The number of anilines is 2. The fraction of sp³-hybridized carbons (Fsp3) is 0.200. The van der Waals surface area contributed by atoms with Crippen molar-refractivity contribution in [1.82, 2.24) is 4.98 Å². The molecule has 0 radical (unpaired) electrons. The summed E-state index contributed by atoms with van der Waals surface area (Å²) >= 11 is 0. The second-order valence-electron chi connectivity index (χ2n) is 4.78. The van der Waals surface area contributed by atoms with Gasteiger partial charge in [-0.3, -0.25) is 9.59 Å². The second-order valence-corrected chi connectivity index (χ2v) is 4.78. The maximum Gasteiger partial charge on any atom is 0.261 e. The Kier molecular flexibility index (Phi) is 3.25. The number of rotatable bonds is 2. The zero-order chi connectivity index (χ0) is 13.9. The number of hydrogen-bond acceptors (Lipinski definition) is 3. The molecule has 3 N–H and O–H groups in total. The van der Waals surface area contributed by atoms with Crippen LogP contribution in [-0.4, -0.2) is 17.4 Å². The summed E-state index contributed by atoms with van der Waals surface area (Å²) in [5.74, 6) is -0.393. The molecular formula is C15H15N3O2. The SMILES string of the molecule is O=C(Nc1ccc2c(c1)CCCN2)c1c[nH]ccc1=O. The molecule has 0 saturated heterocycles. The van der Waals surface area contributed by atoms with Gasteiger partial charge >= 0.3 is 0 Å². The summed E-state index contributed by atoms with van der Waals surface area (Å²) in [5, 5.41) is 6.08. The summed E-state index contributed by atoms with van der Waals surface area (Å²) < 4.78 is 0. The number of fused-ring (bicyclic) bond motifs is 1. The standard InChI is InChI=1S/C15H15N3O2/c19-14-5-7-16-9-12(14)15(20)18-11-3-4-13-10(8-11)2-1-6-17-13/h3-5,7-9,17H,1-2,6H2,(H,16,19)(H,18,20). The van der Waals surface area contributed by atoms with Gasteiger partial charge in [0.1, 0.15) is 5.56 Å². The second kappa shape index (κ2) is 5.21. The number of hydrogen-bond donors (Lipinski definition) is 3. The lowest BCUT2D eigenvalue weighted by Gasteiger charge is -2.18. The number of benzene rings is 1. The molecule has 0 aliphatic carbocycles. The van der Waals surface area contributed by atoms with Crippen LogP contribution in [0.25, 0.3) is 0 Å². The first kappa shape index (κ1) is 12.5. The third-order valence-electron chi connectivity index (χ3n) is 3.37. The number of nitrogens with one attached hydrogen (secondary N) is 3. The Balaban J connectivity index is 1.83. The van der Waals surface area contributed by atoms with Gasteiger partial charge in [0.2, 0.25) is 0 Å². The van der Waals surface area contributed by atoms with E-state index >= 15 is 0 Å². The summed E-state index contributed by atoms with van der Waals surface area (Å²) in [6, 6.07) is 7.09. The van der Waals surface area contributed by atoms with Crippen molar-refractivity contribution in [1.29, 1.82) is 0 Å². The minimum absolute atomic E-state index is 0.114. The van der Waals surface area contributed by atoms with E-state index in [4.69, 9.17) is 0 Å². The van der Waals surface area contributed by atoms with Gasteiger partial charge in [-0.1, -0.05) is 0 Å². The Morgan fingerprint density at radius 1 is 1.25 bits per heavy atom. The summed E-state index contributed by atoms with van der Waals surface area (Å²) in [5.41, 5.74) is 2.84. The van der Waals surface area contributed by atoms with Crippen LogP contribution in [0.4, 0.5) is 11.4 Å². The van der Waals surface area contributed by atoms with Crippen LogP contribution in [0.15, 0.2) is 41.5 Å². The summed E-state index contributed by atoms with van der Waals surface area (Å²) in [4.78, 5) is 26.4. The molecule has 1 aromatic heterocycles. The van der Waals surface area contributed by atoms with E-state index in [1.807, 2.05) is 18.2 Å². The van der Waals surface area contributed by atoms with Gasteiger partial charge in [-0.05, 0) is 36.6 Å². The zero-order valence-electron chi connectivity index (χ0n) is 10.9. The molecule has 5 nitrogen and oxygen atoms in total. The predicted octanol–water partition coefficient (Wildman–Crippen LogP) is 1.99. The summed E-state index contributed by atoms with van der Waals surface area (Å²) in [7, 11) is 0. The molecule has 2 heterocycles. The number of carbonyl (C=O) groups is 1. The molecule has 0 unspecified atom stereocenters. The Hall–Kier alpha value is -2.56. The van der Waals surface area contributed by atoms with Crippen molar-refractivity contribution in [2.24, 2.45) is 0 Å². The van der Waals surface area contributed by atoms with Gasteiger partial charge in [-0.15, -0.1) is 0 Å². The van der Waals surface area contributed by atoms with Gasteiger partial charge in [0.05, 0.1) is 0 Å². The molecule has 5 heteroatoms. The minimum atomic E-state index is -0.393. The van der Waals surface area contributed by atoms with Crippen LogP contribution >= 0.6 is 0 Å². The number of H-pyrrole nitrogens is 1. The third-order valence-corrected chi connectivity index (χ3v) is 3.37. The largest absolute Gasteiger partial charge is 0.385 e. The molecule has 0 fully saturated rings. The highest BCUT2D eigenvalue weighted by atomic mass is 16.2. The number of aromatic amines is 1. The van der Waals surface area contributed by atoms with E-state index in [9.17, 15) is 9.59 Å². The van der Waals surface area contributed by atoms with Gasteiger partial charge < -0.3 is 15.6 Å². The third kappa shape index (κ3) is 2.42. The van der Waals surface area contributed by atoms with Crippen LogP contribution in [0.3, 0.4) is 0 Å². The molecule has 1 amide bonds.